The molecule has 0 radical (unpaired) electrons. The molecule has 0 spiro atoms. The predicted octanol–water partition coefficient (Wildman–Crippen LogP) is 2.43. The van der Waals surface area contributed by atoms with Gasteiger partial charge in [-0.25, -0.2) is 9.78 Å². The van der Waals surface area contributed by atoms with E-state index in [-0.39, 0.29) is 41.6 Å². The van der Waals surface area contributed by atoms with Crippen LogP contribution in [-0.4, -0.2) is 46.0 Å². The first kappa shape index (κ1) is 18.6. The van der Waals surface area contributed by atoms with Gasteiger partial charge in [0.05, 0.1) is 23.9 Å². The normalized spacial score (nSPS) is 15.2. The Morgan fingerprint density at radius 3 is 2.77 bits per heavy atom. The van der Waals surface area contributed by atoms with Crippen LogP contribution in [-0.2, 0) is 16.1 Å². The highest BCUT2D eigenvalue weighted by Gasteiger charge is 2.23. The van der Waals surface area contributed by atoms with Gasteiger partial charge in [0.15, 0.2) is 0 Å². The summed E-state index contributed by atoms with van der Waals surface area (Å²) in [5.74, 6) is -0.658. The molecule has 2 aromatic rings. The minimum absolute atomic E-state index is 0.0765. The van der Waals surface area contributed by atoms with Gasteiger partial charge in [-0.15, -0.1) is 11.3 Å². The number of ether oxygens (including phenoxy) is 1. The number of carbonyl (C=O) groups excluding carboxylic acids is 2. The average molecular weight is 377 g/mol. The molecule has 1 amide bonds. The van der Waals surface area contributed by atoms with E-state index in [2.05, 4.69) is 4.98 Å². The van der Waals surface area contributed by atoms with Crippen molar-refractivity contribution in [3.63, 3.8) is 0 Å². The number of esters is 1. The van der Waals surface area contributed by atoms with Crippen LogP contribution in [0.3, 0.4) is 0 Å². The number of aromatic nitrogens is 2. The molecule has 0 N–H and O–H groups in total. The third kappa shape index (κ3) is 3.65. The van der Waals surface area contributed by atoms with Gasteiger partial charge in [0.1, 0.15) is 11.4 Å². The van der Waals surface area contributed by atoms with Crippen LogP contribution < -0.4 is 5.56 Å². The maximum atomic E-state index is 12.8. The standard InChI is InChI=1S/C18H23N3O4S/c1-3-25-18(24)13-10-26-16-15(13)17(23)21(11-19-16)9-14(22)20(2)12-7-5-4-6-8-12/h10-12H,3-9H2,1-2H3. The lowest BCUT2D eigenvalue weighted by Crippen LogP contribution is -2.41. The van der Waals surface area contributed by atoms with E-state index in [0.29, 0.717) is 4.83 Å². The fourth-order valence-corrected chi connectivity index (χ4v) is 4.24. The highest BCUT2D eigenvalue weighted by atomic mass is 32.1. The summed E-state index contributed by atoms with van der Waals surface area (Å²) in [5, 5.41) is 1.81. The zero-order chi connectivity index (χ0) is 18.7. The quantitative estimate of drug-likeness (QED) is 0.748. The molecule has 1 saturated carbocycles. The highest BCUT2D eigenvalue weighted by molar-refractivity contribution is 7.17. The molecule has 26 heavy (non-hydrogen) atoms. The zero-order valence-corrected chi connectivity index (χ0v) is 15.9. The molecule has 0 atom stereocenters. The van der Waals surface area contributed by atoms with Gasteiger partial charge in [0.2, 0.25) is 5.91 Å². The largest absolute Gasteiger partial charge is 0.462 e. The van der Waals surface area contributed by atoms with Gasteiger partial charge in [0.25, 0.3) is 5.56 Å². The average Bonchev–Trinajstić information content (AvgIpc) is 3.09. The van der Waals surface area contributed by atoms with Crippen LogP contribution in [0.4, 0.5) is 0 Å². The van der Waals surface area contributed by atoms with E-state index in [9.17, 15) is 14.4 Å². The summed E-state index contributed by atoms with van der Waals surface area (Å²) in [5.41, 5.74) is -0.170. The van der Waals surface area contributed by atoms with Crippen molar-refractivity contribution in [1.29, 1.82) is 0 Å². The number of carbonyl (C=O) groups is 2. The molecule has 2 heterocycles. The molecule has 1 fully saturated rings. The third-order valence-electron chi connectivity index (χ3n) is 4.88. The van der Waals surface area contributed by atoms with Gasteiger partial charge in [-0.1, -0.05) is 19.3 Å². The number of amides is 1. The summed E-state index contributed by atoms with van der Waals surface area (Å²) < 4.78 is 6.28. The molecule has 2 aromatic heterocycles. The van der Waals surface area contributed by atoms with E-state index in [1.54, 1.807) is 24.3 Å². The van der Waals surface area contributed by atoms with E-state index in [1.807, 2.05) is 0 Å². The molecule has 3 rings (SSSR count). The lowest BCUT2D eigenvalue weighted by Gasteiger charge is -2.31. The van der Waals surface area contributed by atoms with Crippen LogP contribution in [0.1, 0.15) is 49.4 Å². The fourth-order valence-electron chi connectivity index (χ4n) is 3.37. The summed E-state index contributed by atoms with van der Waals surface area (Å²) in [6.45, 7) is 1.87. The number of rotatable bonds is 5. The van der Waals surface area contributed by atoms with Crippen molar-refractivity contribution < 1.29 is 14.3 Å². The van der Waals surface area contributed by atoms with Crippen molar-refractivity contribution in [2.24, 2.45) is 0 Å². The molecule has 8 heteroatoms. The molecular formula is C18H23N3O4S. The van der Waals surface area contributed by atoms with Crippen LogP contribution in [0, 0.1) is 0 Å². The molecule has 0 bridgehead atoms. The molecule has 140 valence electrons. The predicted molar refractivity (Wildman–Crippen MR) is 99.5 cm³/mol. The smallest absolute Gasteiger partial charge is 0.339 e. The zero-order valence-electron chi connectivity index (χ0n) is 15.1. The molecule has 1 aliphatic rings. The van der Waals surface area contributed by atoms with Gasteiger partial charge in [-0.2, -0.15) is 0 Å². The Morgan fingerprint density at radius 2 is 2.08 bits per heavy atom. The Labute approximate surface area is 155 Å². The summed E-state index contributed by atoms with van der Waals surface area (Å²) in [6, 6.07) is 0.236. The highest BCUT2D eigenvalue weighted by Crippen LogP contribution is 2.23. The molecule has 0 aromatic carbocycles. The number of likely N-dealkylation sites (N-methyl/N-ethyl adjacent to an activating group) is 1. The first-order valence-corrected chi connectivity index (χ1v) is 9.80. The first-order valence-electron chi connectivity index (χ1n) is 8.92. The first-order chi connectivity index (χ1) is 12.5. The molecule has 7 nitrogen and oxygen atoms in total. The Hall–Kier alpha value is -2.22. The van der Waals surface area contributed by atoms with Crippen molar-refractivity contribution in [1.82, 2.24) is 14.5 Å². The summed E-state index contributed by atoms with van der Waals surface area (Å²) in [7, 11) is 1.80. The lowest BCUT2D eigenvalue weighted by molar-refractivity contribution is -0.133. The summed E-state index contributed by atoms with van der Waals surface area (Å²) >= 11 is 1.22. The van der Waals surface area contributed by atoms with Crippen molar-refractivity contribution in [3.05, 3.63) is 27.6 Å². The van der Waals surface area contributed by atoms with E-state index in [1.165, 1.54) is 28.7 Å². The van der Waals surface area contributed by atoms with Crippen molar-refractivity contribution >= 4 is 33.4 Å². The van der Waals surface area contributed by atoms with Gasteiger partial charge < -0.3 is 9.64 Å². The van der Waals surface area contributed by atoms with E-state index in [0.717, 1.165) is 25.7 Å². The second-order valence-corrected chi connectivity index (χ2v) is 7.38. The van der Waals surface area contributed by atoms with Crippen LogP contribution in [0.2, 0.25) is 0 Å². The van der Waals surface area contributed by atoms with Crippen molar-refractivity contribution in [2.75, 3.05) is 13.7 Å². The number of thiophene rings is 1. The number of hydrogen-bond acceptors (Lipinski definition) is 6. The summed E-state index contributed by atoms with van der Waals surface area (Å²) in [6.07, 6.45) is 6.87. The fraction of sp³-hybridized carbons (Fsp3) is 0.556. The van der Waals surface area contributed by atoms with Gasteiger partial charge in [-0.05, 0) is 19.8 Å². The minimum Gasteiger partial charge on any atom is -0.462 e. The molecule has 0 unspecified atom stereocenters. The Morgan fingerprint density at radius 1 is 1.35 bits per heavy atom. The number of fused-ring (bicyclic) bond motifs is 1. The van der Waals surface area contributed by atoms with Gasteiger partial charge in [-0.3, -0.25) is 14.2 Å². The van der Waals surface area contributed by atoms with Crippen LogP contribution >= 0.6 is 11.3 Å². The van der Waals surface area contributed by atoms with Gasteiger partial charge >= 0.3 is 5.97 Å². The second kappa shape index (κ2) is 7.99. The van der Waals surface area contributed by atoms with Crippen molar-refractivity contribution in [2.45, 2.75) is 51.6 Å². The second-order valence-electron chi connectivity index (χ2n) is 6.52. The van der Waals surface area contributed by atoms with E-state index >= 15 is 0 Å². The van der Waals surface area contributed by atoms with Gasteiger partial charge in [0, 0.05) is 18.5 Å². The summed E-state index contributed by atoms with van der Waals surface area (Å²) in [4.78, 5) is 43.9. The molecular weight excluding hydrogens is 354 g/mol. The molecule has 0 saturated heterocycles. The Bertz CT molecular complexity index is 867. The number of hydrogen-bond donors (Lipinski definition) is 0. The van der Waals surface area contributed by atoms with Crippen LogP contribution in [0.15, 0.2) is 16.5 Å². The SMILES string of the molecule is CCOC(=O)c1csc2ncn(CC(=O)N(C)C3CCCCC3)c(=O)c12. The third-order valence-corrected chi connectivity index (χ3v) is 5.76. The van der Waals surface area contributed by atoms with E-state index in [4.69, 9.17) is 4.74 Å². The van der Waals surface area contributed by atoms with Crippen LogP contribution in [0.5, 0.6) is 0 Å². The molecule has 0 aliphatic heterocycles. The monoisotopic (exact) mass is 377 g/mol. The number of nitrogens with zero attached hydrogens (tertiary/aromatic N) is 3. The minimum atomic E-state index is -0.541. The molecule has 1 aliphatic carbocycles. The Balaban J connectivity index is 1.85. The topological polar surface area (TPSA) is 81.5 Å². The van der Waals surface area contributed by atoms with E-state index < -0.39 is 5.97 Å². The maximum Gasteiger partial charge on any atom is 0.339 e. The maximum absolute atomic E-state index is 12.8. The Kier molecular flexibility index (Phi) is 5.70. The van der Waals surface area contributed by atoms with Crippen molar-refractivity contribution in [3.8, 4) is 0 Å². The lowest BCUT2D eigenvalue weighted by atomic mass is 9.94. The van der Waals surface area contributed by atoms with Crippen LogP contribution in [0.25, 0.3) is 10.2 Å².